The molecular weight excluding hydrogens is 228 g/mol. The second-order valence-corrected chi connectivity index (χ2v) is 5.72. The molecule has 0 aromatic carbocycles. The summed E-state index contributed by atoms with van der Waals surface area (Å²) in [6.45, 7) is 3.95. The Morgan fingerprint density at radius 2 is 1.94 bits per heavy atom. The monoisotopic (exact) mass is 254 g/mol. The molecule has 0 amide bonds. The van der Waals surface area contributed by atoms with Crippen molar-refractivity contribution in [3.8, 4) is 0 Å². The zero-order valence-corrected chi connectivity index (χ0v) is 11.7. The van der Waals surface area contributed by atoms with E-state index in [1.165, 1.54) is 19.3 Å². The van der Waals surface area contributed by atoms with Gasteiger partial charge in [-0.1, -0.05) is 6.42 Å². The smallest absolute Gasteiger partial charge is 0.136 e. The van der Waals surface area contributed by atoms with Crippen LogP contribution in [0.4, 0.5) is 0 Å². The zero-order chi connectivity index (χ0) is 13.0. The van der Waals surface area contributed by atoms with E-state index in [1.54, 1.807) is 7.11 Å². The Balaban J connectivity index is 1.79. The molecule has 2 saturated heterocycles. The molecule has 2 bridgehead atoms. The molecule has 0 spiro atoms. The third kappa shape index (κ3) is 3.53. The summed E-state index contributed by atoms with van der Waals surface area (Å²) in [7, 11) is 3.89. The van der Waals surface area contributed by atoms with E-state index in [9.17, 15) is 4.79 Å². The predicted octanol–water partition coefficient (Wildman–Crippen LogP) is 1.15. The molecule has 0 aliphatic carbocycles. The van der Waals surface area contributed by atoms with E-state index in [4.69, 9.17) is 4.74 Å². The Morgan fingerprint density at radius 3 is 2.56 bits per heavy atom. The van der Waals surface area contributed by atoms with Gasteiger partial charge in [-0.05, 0) is 19.9 Å². The van der Waals surface area contributed by atoms with Gasteiger partial charge in [0, 0.05) is 51.7 Å². The minimum absolute atomic E-state index is 0.480. The number of ether oxygens (including phenoxy) is 1. The number of likely N-dealkylation sites (N-methyl/N-ethyl adjacent to an activating group) is 1. The molecule has 0 aromatic heterocycles. The summed E-state index contributed by atoms with van der Waals surface area (Å²) < 4.78 is 5.09. The van der Waals surface area contributed by atoms with Crippen LogP contribution >= 0.6 is 0 Å². The average molecular weight is 254 g/mol. The fourth-order valence-corrected chi connectivity index (χ4v) is 3.28. The summed E-state index contributed by atoms with van der Waals surface area (Å²) in [5, 5.41) is 0. The van der Waals surface area contributed by atoms with Crippen molar-refractivity contribution in [3.05, 3.63) is 0 Å². The third-order valence-electron chi connectivity index (χ3n) is 4.36. The Labute approximate surface area is 110 Å². The van der Waals surface area contributed by atoms with E-state index in [2.05, 4.69) is 16.8 Å². The van der Waals surface area contributed by atoms with Gasteiger partial charge in [0.2, 0.25) is 0 Å². The summed E-state index contributed by atoms with van der Waals surface area (Å²) in [5.74, 6) is 0.480. The first-order valence-electron chi connectivity index (χ1n) is 7.15. The summed E-state index contributed by atoms with van der Waals surface area (Å²) >= 11 is 0. The minimum Gasteiger partial charge on any atom is -0.383 e. The molecule has 0 N–H and O–H groups in total. The summed E-state index contributed by atoms with van der Waals surface area (Å²) in [4.78, 5) is 16.6. The van der Waals surface area contributed by atoms with Gasteiger partial charge >= 0.3 is 0 Å². The number of ketones is 1. The molecule has 104 valence electrons. The number of carbonyl (C=O) groups excluding carboxylic acids is 1. The molecule has 2 heterocycles. The van der Waals surface area contributed by atoms with Crippen molar-refractivity contribution in [3.63, 3.8) is 0 Å². The number of nitrogens with zero attached hydrogens (tertiary/aromatic N) is 2. The van der Waals surface area contributed by atoms with Crippen LogP contribution in [0.2, 0.25) is 0 Å². The number of carbonyl (C=O) groups is 1. The van der Waals surface area contributed by atoms with Gasteiger partial charge in [-0.2, -0.15) is 0 Å². The summed E-state index contributed by atoms with van der Waals surface area (Å²) in [6.07, 6.45) is 5.31. The molecule has 4 nitrogen and oxygen atoms in total. The molecule has 2 unspecified atom stereocenters. The van der Waals surface area contributed by atoms with Crippen molar-refractivity contribution in [2.75, 3.05) is 40.4 Å². The van der Waals surface area contributed by atoms with E-state index in [1.807, 2.05) is 0 Å². The van der Waals surface area contributed by atoms with E-state index >= 15 is 0 Å². The largest absolute Gasteiger partial charge is 0.383 e. The Hall–Kier alpha value is -0.450. The molecule has 4 heteroatoms. The maximum atomic E-state index is 11.6. The van der Waals surface area contributed by atoms with Crippen molar-refractivity contribution >= 4 is 5.78 Å². The standard InChI is InChI=1S/C14H26N2O2/c1-15(8-9-18-2)6-7-16-12-4-3-5-13(16)11-14(17)10-12/h12-13H,3-11H2,1-2H3. The third-order valence-corrected chi connectivity index (χ3v) is 4.36. The van der Waals surface area contributed by atoms with Gasteiger partial charge in [-0.25, -0.2) is 0 Å². The van der Waals surface area contributed by atoms with Crippen LogP contribution in [0.1, 0.15) is 32.1 Å². The lowest BCUT2D eigenvalue weighted by molar-refractivity contribution is -0.127. The van der Waals surface area contributed by atoms with Gasteiger partial charge in [0.25, 0.3) is 0 Å². The van der Waals surface area contributed by atoms with Crippen LogP contribution in [0.15, 0.2) is 0 Å². The van der Waals surface area contributed by atoms with Crippen molar-refractivity contribution in [1.82, 2.24) is 9.80 Å². The molecule has 0 saturated carbocycles. The maximum Gasteiger partial charge on any atom is 0.136 e. The highest BCUT2D eigenvalue weighted by Gasteiger charge is 2.36. The molecular formula is C14H26N2O2. The molecule has 2 rings (SSSR count). The van der Waals surface area contributed by atoms with Gasteiger partial charge in [-0.15, -0.1) is 0 Å². The minimum atomic E-state index is 0.480. The van der Waals surface area contributed by atoms with E-state index in [0.29, 0.717) is 17.9 Å². The lowest BCUT2D eigenvalue weighted by Crippen LogP contribution is -2.54. The molecule has 2 aliphatic rings. The molecule has 0 aromatic rings. The number of fused-ring (bicyclic) bond motifs is 2. The molecule has 0 radical (unpaired) electrons. The normalized spacial score (nSPS) is 28.9. The zero-order valence-electron chi connectivity index (χ0n) is 11.7. The van der Waals surface area contributed by atoms with Crippen LogP contribution in [0.5, 0.6) is 0 Å². The van der Waals surface area contributed by atoms with Gasteiger partial charge in [-0.3, -0.25) is 9.69 Å². The van der Waals surface area contributed by atoms with Gasteiger partial charge in [0.05, 0.1) is 6.61 Å². The lowest BCUT2D eigenvalue weighted by Gasteiger charge is -2.46. The van der Waals surface area contributed by atoms with Crippen LogP contribution in [0.3, 0.4) is 0 Å². The number of methoxy groups -OCH3 is 1. The fraction of sp³-hybridized carbons (Fsp3) is 0.929. The summed E-state index contributed by atoms with van der Waals surface area (Å²) in [5.41, 5.74) is 0. The average Bonchev–Trinajstić information content (AvgIpc) is 2.33. The first-order chi connectivity index (χ1) is 8.70. The van der Waals surface area contributed by atoms with Crippen molar-refractivity contribution in [2.45, 2.75) is 44.2 Å². The Kier molecular flexibility index (Phi) is 5.15. The second-order valence-electron chi connectivity index (χ2n) is 5.72. The highest BCUT2D eigenvalue weighted by Crippen LogP contribution is 2.31. The molecule has 18 heavy (non-hydrogen) atoms. The fourth-order valence-electron chi connectivity index (χ4n) is 3.28. The number of hydrogen-bond donors (Lipinski definition) is 0. The number of Topliss-reactive ketones (excluding diaryl/α,β-unsaturated/α-hetero) is 1. The van der Waals surface area contributed by atoms with Crippen LogP contribution in [0.25, 0.3) is 0 Å². The van der Waals surface area contributed by atoms with Gasteiger partial charge in [0.1, 0.15) is 5.78 Å². The predicted molar refractivity (Wildman–Crippen MR) is 71.7 cm³/mol. The molecule has 2 fully saturated rings. The topological polar surface area (TPSA) is 32.8 Å². The van der Waals surface area contributed by atoms with Gasteiger partial charge in [0.15, 0.2) is 0 Å². The van der Waals surface area contributed by atoms with Crippen LogP contribution in [-0.2, 0) is 9.53 Å². The van der Waals surface area contributed by atoms with Crippen LogP contribution in [-0.4, -0.2) is 68.1 Å². The number of hydrogen-bond acceptors (Lipinski definition) is 4. The quantitative estimate of drug-likeness (QED) is 0.712. The van der Waals surface area contributed by atoms with Gasteiger partial charge < -0.3 is 9.64 Å². The van der Waals surface area contributed by atoms with Crippen LogP contribution < -0.4 is 0 Å². The Bertz CT molecular complexity index is 267. The Morgan fingerprint density at radius 1 is 1.28 bits per heavy atom. The first kappa shape index (κ1) is 14.0. The summed E-state index contributed by atoms with van der Waals surface area (Å²) in [6, 6.07) is 1.06. The van der Waals surface area contributed by atoms with Crippen molar-refractivity contribution < 1.29 is 9.53 Å². The lowest BCUT2D eigenvalue weighted by atomic mass is 9.84. The van der Waals surface area contributed by atoms with Crippen molar-refractivity contribution in [2.24, 2.45) is 0 Å². The maximum absolute atomic E-state index is 11.6. The molecule has 2 aliphatic heterocycles. The van der Waals surface area contributed by atoms with Crippen molar-refractivity contribution in [1.29, 1.82) is 0 Å². The highest BCUT2D eigenvalue weighted by atomic mass is 16.5. The number of rotatable bonds is 6. The highest BCUT2D eigenvalue weighted by molar-refractivity contribution is 5.80. The first-order valence-corrected chi connectivity index (χ1v) is 7.15. The van der Waals surface area contributed by atoms with E-state index in [0.717, 1.165) is 39.1 Å². The SMILES string of the molecule is COCCN(C)CCN1C2CCCC1CC(=O)C2. The second kappa shape index (κ2) is 6.64. The molecule has 2 atom stereocenters. The van der Waals surface area contributed by atoms with Crippen LogP contribution in [0, 0.1) is 0 Å². The number of piperidine rings is 2. The van der Waals surface area contributed by atoms with E-state index < -0.39 is 0 Å². The van der Waals surface area contributed by atoms with E-state index in [-0.39, 0.29) is 0 Å².